The van der Waals surface area contributed by atoms with E-state index in [1.165, 1.54) is 13.0 Å². The third-order valence-corrected chi connectivity index (χ3v) is 4.02. The van der Waals surface area contributed by atoms with E-state index in [2.05, 4.69) is 5.32 Å². The van der Waals surface area contributed by atoms with Gasteiger partial charge in [0.15, 0.2) is 6.10 Å². The minimum atomic E-state index is -1.01. The summed E-state index contributed by atoms with van der Waals surface area (Å²) in [7, 11) is 0. The number of rotatable bonds is 4. The van der Waals surface area contributed by atoms with Crippen molar-refractivity contribution >= 4 is 28.3 Å². The molecule has 3 aromatic rings. The fraction of sp³-hybridized carbons (Fsp3) is 0.143. The lowest BCUT2D eigenvalue weighted by Gasteiger charge is -2.14. The van der Waals surface area contributed by atoms with Gasteiger partial charge in [0.2, 0.25) is 0 Å². The Morgan fingerprint density at radius 3 is 2.38 bits per heavy atom. The molecule has 0 saturated heterocycles. The molecule has 0 spiro atoms. The molecule has 0 aromatic heterocycles. The van der Waals surface area contributed by atoms with Crippen LogP contribution in [0.3, 0.4) is 0 Å². The summed E-state index contributed by atoms with van der Waals surface area (Å²) >= 11 is 0. The Morgan fingerprint density at radius 1 is 1.00 bits per heavy atom. The molecule has 0 radical (unpaired) electrons. The predicted octanol–water partition coefficient (Wildman–Crippen LogP) is 4.04. The molecule has 0 saturated carbocycles. The number of amides is 1. The van der Waals surface area contributed by atoms with Crippen molar-refractivity contribution in [2.24, 2.45) is 0 Å². The standard InChI is InChI=1S/C21H19NO4/c1-13-6-5-9-17(10-13)22-20(24)14(2)26-21(25)18-11-15-7-3-4-8-16(15)12-19(18)23/h3-12,14,23H,1-2H3,(H,22,24)/t14-/m1/s1. The summed E-state index contributed by atoms with van der Waals surface area (Å²) in [4.78, 5) is 24.6. The van der Waals surface area contributed by atoms with Gasteiger partial charge in [0.1, 0.15) is 11.3 Å². The number of fused-ring (bicyclic) bond motifs is 1. The average Bonchev–Trinajstić information content (AvgIpc) is 2.61. The molecule has 132 valence electrons. The first-order valence-corrected chi connectivity index (χ1v) is 8.24. The quantitative estimate of drug-likeness (QED) is 0.697. The first-order chi connectivity index (χ1) is 12.4. The van der Waals surface area contributed by atoms with Crippen molar-refractivity contribution in [3.05, 3.63) is 71.8 Å². The highest BCUT2D eigenvalue weighted by molar-refractivity contribution is 6.01. The van der Waals surface area contributed by atoms with Gasteiger partial charge in [-0.2, -0.15) is 0 Å². The molecule has 0 unspecified atom stereocenters. The van der Waals surface area contributed by atoms with Crippen molar-refractivity contribution in [1.29, 1.82) is 0 Å². The molecule has 1 amide bonds. The van der Waals surface area contributed by atoms with Gasteiger partial charge >= 0.3 is 5.97 Å². The van der Waals surface area contributed by atoms with Crippen LogP contribution in [-0.4, -0.2) is 23.1 Å². The molecule has 0 aliphatic rings. The summed E-state index contributed by atoms with van der Waals surface area (Å²) in [5.41, 5.74) is 1.67. The first-order valence-electron chi connectivity index (χ1n) is 8.24. The number of carbonyl (C=O) groups excluding carboxylic acids is 2. The molecule has 0 aliphatic carbocycles. The number of phenols is 1. The Morgan fingerprint density at radius 2 is 1.69 bits per heavy atom. The number of benzene rings is 3. The predicted molar refractivity (Wildman–Crippen MR) is 100 cm³/mol. The van der Waals surface area contributed by atoms with E-state index in [1.807, 2.05) is 49.4 Å². The summed E-state index contributed by atoms with van der Waals surface area (Å²) < 4.78 is 5.22. The third-order valence-electron chi connectivity index (χ3n) is 4.02. The van der Waals surface area contributed by atoms with Crippen LogP contribution in [0.4, 0.5) is 5.69 Å². The van der Waals surface area contributed by atoms with Crippen LogP contribution in [0, 0.1) is 6.92 Å². The lowest BCUT2D eigenvalue weighted by Crippen LogP contribution is -2.30. The van der Waals surface area contributed by atoms with E-state index < -0.39 is 18.0 Å². The molecule has 5 nitrogen and oxygen atoms in total. The number of aryl methyl sites for hydroxylation is 1. The fourth-order valence-electron chi connectivity index (χ4n) is 2.64. The van der Waals surface area contributed by atoms with E-state index in [-0.39, 0.29) is 11.3 Å². The topological polar surface area (TPSA) is 75.6 Å². The van der Waals surface area contributed by atoms with Crippen LogP contribution in [0.25, 0.3) is 10.8 Å². The minimum Gasteiger partial charge on any atom is -0.507 e. The van der Waals surface area contributed by atoms with Crippen LogP contribution < -0.4 is 5.32 Å². The van der Waals surface area contributed by atoms with Gasteiger partial charge in [0, 0.05) is 5.69 Å². The van der Waals surface area contributed by atoms with Gasteiger partial charge in [0.05, 0.1) is 0 Å². The molecule has 3 aromatic carbocycles. The Labute approximate surface area is 151 Å². The zero-order valence-electron chi connectivity index (χ0n) is 14.5. The van der Waals surface area contributed by atoms with E-state index in [1.54, 1.807) is 12.1 Å². The van der Waals surface area contributed by atoms with Gasteiger partial charge in [-0.3, -0.25) is 4.79 Å². The lowest BCUT2D eigenvalue weighted by atomic mass is 10.1. The fourth-order valence-corrected chi connectivity index (χ4v) is 2.64. The summed E-state index contributed by atoms with van der Waals surface area (Å²) in [5.74, 6) is -1.37. The van der Waals surface area contributed by atoms with Gasteiger partial charge in [0.25, 0.3) is 5.91 Å². The second-order valence-electron chi connectivity index (χ2n) is 6.12. The van der Waals surface area contributed by atoms with Crippen molar-refractivity contribution in [2.75, 3.05) is 5.32 Å². The molecular formula is C21H19NO4. The summed E-state index contributed by atoms with van der Waals surface area (Å²) in [6.07, 6.45) is -1.01. The maximum Gasteiger partial charge on any atom is 0.342 e. The molecule has 5 heteroatoms. The van der Waals surface area contributed by atoms with Gasteiger partial charge < -0.3 is 15.2 Å². The highest BCUT2D eigenvalue weighted by Crippen LogP contribution is 2.26. The molecule has 0 aliphatic heterocycles. The van der Waals surface area contributed by atoms with Crippen LogP contribution in [0.5, 0.6) is 5.75 Å². The minimum absolute atomic E-state index is 0.0268. The average molecular weight is 349 g/mol. The highest BCUT2D eigenvalue weighted by atomic mass is 16.5. The number of esters is 1. The van der Waals surface area contributed by atoms with Crippen molar-refractivity contribution < 1.29 is 19.4 Å². The van der Waals surface area contributed by atoms with E-state index in [4.69, 9.17) is 4.74 Å². The van der Waals surface area contributed by atoms with Gasteiger partial charge in [-0.15, -0.1) is 0 Å². The van der Waals surface area contributed by atoms with Crippen molar-refractivity contribution in [3.63, 3.8) is 0 Å². The summed E-state index contributed by atoms with van der Waals surface area (Å²) in [5, 5.41) is 14.4. The zero-order chi connectivity index (χ0) is 18.7. The maximum absolute atomic E-state index is 12.4. The number of aromatic hydroxyl groups is 1. The first kappa shape index (κ1) is 17.5. The van der Waals surface area contributed by atoms with E-state index >= 15 is 0 Å². The second kappa shape index (κ2) is 7.27. The van der Waals surface area contributed by atoms with Gasteiger partial charge in [-0.1, -0.05) is 36.4 Å². The summed E-state index contributed by atoms with van der Waals surface area (Å²) in [6, 6.07) is 17.7. The van der Waals surface area contributed by atoms with Gasteiger partial charge in [-0.05, 0) is 54.4 Å². The molecular weight excluding hydrogens is 330 g/mol. The van der Waals surface area contributed by atoms with Crippen molar-refractivity contribution in [1.82, 2.24) is 0 Å². The van der Waals surface area contributed by atoms with Crippen LogP contribution in [-0.2, 0) is 9.53 Å². The normalized spacial score (nSPS) is 11.8. The molecule has 0 fully saturated rings. The molecule has 2 N–H and O–H groups in total. The zero-order valence-corrected chi connectivity index (χ0v) is 14.5. The third kappa shape index (κ3) is 3.83. The monoisotopic (exact) mass is 349 g/mol. The number of nitrogens with one attached hydrogen (secondary N) is 1. The number of hydrogen-bond acceptors (Lipinski definition) is 4. The van der Waals surface area contributed by atoms with Crippen molar-refractivity contribution in [3.8, 4) is 5.75 Å². The Hall–Kier alpha value is -3.34. The Bertz CT molecular complexity index is 981. The van der Waals surface area contributed by atoms with E-state index in [9.17, 15) is 14.7 Å². The second-order valence-corrected chi connectivity index (χ2v) is 6.12. The largest absolute Gasteiger partial charge is 0.507 e. The maximum atomic E-state index is 12.4. The number of phenolic OH excluding ortho intramolecular Hbond substituents is 1. The number of ether oxygens (including phenoxy) is 1. The van der Waals surface area contributed by atoms with Crippen LogP contribution in [0.2, 0.25) is 0 Å². The number of carbonyl (C=O) groups is 2. The Balaban J connectivity index is 1.72. The van der Waals surface area contributed by atoms with Crippen LogP contribution in [0.1, 0.15) is 22.8 Å². The van der Waals surface area contributed by atoms with E-state index in [0.29, 0.717) is 5.69 Å². The highest BCUT2D eigenvalue weighted by Gasteiger charge is 2.21. The smallest absolute Gasteiger partial charge is 0.342 e. The van der Waals surface area contributed by atoms with Crippen molar-refractivity contribution in [2.45, 2.75) is 20.0 Å². The Kier molecular flexibility index (Phi) is 4.89. The van der Waals surface area contributed by atoms with Crippen LogP contribution >= 0.6 is 0 Å². The summed E-state index contributed by atoms with van der Waals surface area (Å²) in [6.45, 7) is 3.41. The molecule has 0 bridgehead atoms. The number of anilines is 1. The molecule has 3 rings (SSSR count). The van der Waals surface area contributed by atoms with Gasteiger partial charge in [-0.25, -0.2) is 4.79 Å². The van der Waals surface area contributed by atoms with Crippen LogP contribution in [0.15, 0.2) is 60.7 Å². The number of hydrogen-bond donors (Lipinski definition) is 2. The molecule has 0 heterocycles. The van der Waals surface area contributed by atoms with E-state index in [0.717, 1.165) is 16.3 Å². The molecule has 26 heavy (non-hydrogen) atoms. The SMILES string of the molecule is Cc1cccc(NC(=O)[C@@H](C)OC(=O)c2cc3ccccc3cc2O)c1. The lowest BCUT2D eigenvalue weighted by molar-refractivity contribution is -0.123. The molecule has 1 atom stereocenters.